The molecule has 0 bridgehead atoms. The Kier molecular flexibility index (Phi) is 6.93. The first-order valence-electron chi connectivity index (χ1n) is 7.02. The van der Waals surface area contributed by atoms with Gasteiger partial charge in [-0.2, -0.15) is 0 Å². The molecule has 1 aliphatic rings. The van der Waals surface area contributed by atoms with E-state index in [9.17, 15) is 9.90 Å². The van der Waals surface area contributed by atoms with E-state index in [1.807, 2.05) is 0 Å². The van der Waals surface area contributed by atoms with Crippen LogP contribution in [0, 0.1) is 6.92 Å². The Balaban J connectivity index is 0.00000220. The first-order chi connectivity index (χ1) is 9.41. The third-order valence-electron chi connectivity index (χ3n) is 4.09. The molecule has 1 aromatic rings. The molecule has 0 radical (unpaired) electrons. The zero-order chi connectivity index (χ0) is 14.8. The summed E-state index contributed by atoms with van der Waals surface area (Å²) in [5.41, 5.74) is 1.03. The highest BCUT2D eigenvalue weighted by molar-refractivity contribution is 9.10. The zero-order valence-electron chi connectivity index (χ0n) is 12.5. The lowest BCUT2D eigenvalue weighted by Crippen LogP contribution is -3.00. The molecular weight excluding hydrogens is 447 g/mol. The van der Waals surface area contributed by atoms with Crippen LogP contribution < -0.4 is 29.3 Å². The summed E-state index contributed by atoms with van der Waals surface area (Å²) < 4.78 is 1.83. The van der Waals surface area contributed by atoms with Crippen LogP contribution in [-0.2, 0) is 0 Å². The lowest BCUT2D eigenvalue weighted by molar-refractivity contribution is -0.896. The lowest BCUT2D eigenvalue weighted by atomic mass is 10.1. The van der Waals surface area contributed by atoms with Crippen LogP contribution in [0.1, 0.15) is 28.8 Å². The molecule has 0 unspecified atom stereocenters. The number of hydrogen-bond acceptors (Lipinski definition) is 2. The molecule has 0 aliphatic carbocycles. The van der Waals surface area contributed by atoms with Crippen LogP contribution in [0.25, 0.3) is 0 Å². The van der Waals surface area contributed by atoms with Crippen molar-refractivity contribution in [2.45, 2.75) is 19.8 Å². The van der Waals surface area contributed by atoms with Crippen molar-refractivity contribution < 1.29 is 38.4 Å². The number of halogens is 2. The van der Waals surface area contributed by atoms with Gasteiger partial charge in [0, 0.05) is 17.3 Å². The number of benzene rings is 1. The van der Waals surface area contributed by atoms with Crippen LogP contribution in [0.4, 0.5) is 0 Å². The molecular formula is C15H22BrIN2O2. The molecule has 1 saturated heterocycles. The molecule has 0 aromatic heterocycles. The van der Waals surface area contributed by atoms with Gasteiger partial charge in [-0.05, 0) is 24.6 Å². The number of aromatic hydroxyl groups is 1. The summed E-state index contributed by atoms with van der Waals surface area (Å²) in [5, 5.41) is 12.9. The van der Waals surface area contributed by atoms with Gasteiger partial charge in [0.15, 0.2) is 0 Å². The van der Waals surface area contributed by atoms with E-state index in [0.717, 1.165) is 15.5 Å². The third-order valence-corrected chi connectivity index (χ3v) is 4.55. The van der Waals surface area contributed by atoms with Crippen LogP contribution in [0.5, 0.6) is 5.75 Å². The Morgan fingerprint density at radius 3 is 2.62 bits per heavy atom. The maximum absolute atomic E-state index is 12.1. The minimum atomic E-state index is -0.210. The minimum Gasteiger partial charge on any atom is -1.00 e. The lowest BCUT2D eigenvalue weighted by Gasteiger charge is -2.29. The topological polar surface area (TPSA) is 49.3 Å². The Bertz CT molecular complexity index is 517. The number of quaternary nitrogens is 1. The first-order valence-corrected chi connectivity index (χ1v) is 7.81. The summed E-state index contributed by atoms with van der Waals surface area (Å²) in [6.07, 6.45) is 2.55. The van der Waals surface area contributed by atoms with E-state index in [1.165, 1.54) is 25.9 Å². The smallest absolute Gasteiger partial charge is 0.255 e. The second-order valence-corrected chi connectivity index (χ2v) is 6.79. The maximum atomic E-state index is 12.1. The number of hydrogen-bond donors (Lipinski definition) is 2. The number of nitrogens with one attached hydrogen (secondary N) is 1. The van der Waals surface area contributed by atoms with E-state index in [-0.39, 0.29) is 35.6 Å². The Hall–Kier alpha value is -0.340. The van der Waals surface area contributed by atoms with Gasteiger partial charge in [-0.3, -0.25) is 4.79 Å². The van der Waals surface area contributed by atoms with E-state index in [1.54, 1.807) is 19.1 Å². The molecule has 1 fully saturated rings. The standard InChI is InChI=1S/C15H21BrN2O2.HI/c1-11-9-12(16)10-13(14(11)19)15(20)17-5-8-18(2)6-3-4-7-18;/h9-10H,3-8H2,1-2H3,(H-,17,19,20);1H. The average molecular weight is 469 g/mol. The Morgan fingerprint density at radius 1 is 1.38 bits per heavy atom. The van der Waals surface area contributed by atoms with Crippen LogP contribution in [0.3, 0.4) is 0 Å². The van der Waals surface area contributed by atoms with Crippen molar-refractivity contribution in [3.05, 3.63) is 27.7 Å². The second kappa shape index (κ2) is 7.78. The number of likely N-dealkylation sites (N-methyl/N-ethyl adjacent to an activating group) is 1. The van der Waals surface area contributed by atoms with Crippen molar-refractivity contribution in [1.29, 1.82) is 0 Å². The fraction of sp³-hybridized carbons (Fsp3) is 0.533. The summed E-state index contributed by atoms with van der Waals surface area (Å²) in [6, 6.07) is 3.45. The summed E-state index contributed by atoms with van der Waals surface area (Å²) >= 11 is 3.35. The summed E-state index contributed by atoms with van der Waals surface area (Å²) in [6.45, 7) is 5.75. The fourth-order valence-electron chi connectivity index (χ4n) is 2.77. The molecule has 118 valence electrons. The highest BCUT2D eigenvalue weighted by atomic mass is 127. The molecule has 0 saturated carbocycles. The molecule has 4 nitrogen and oxygen atoms in total. The first kappa shape index (κ1) is 18.7. The average Bonchev–Trinajstić information content (AvgIpc) is 2.80. The van der Waals surface area contributed by atoms with E-state index in [2.05, 4.69) is 28.3 Å². The molecule has 1 amide bonds. The summed E-state index contributed by atoms with van der Waals surface area (Å²) in [7, 11) is 2.24. The Labute approximate surface area is 151 Å². The third kappa shape index (κ3) is 4.82. The van der Waals surface area contributed by atoms with Gasteiger partial charge in [0.25, 0.3) is 5.91 Å². The second-order valence-electron chi connectivity index (χ2n) is 5.87. The predicted octanol–water partition coefficient (Wildman–Crippen LogP) is -0.563. The van der Waals surface area contributed by atoms with Crippen LogP contribution >= 0.6 is 15.9 Å². The number of aryl methyl sites for hydroxylation is 1. The van der Waals surface area contributed by atoms with Gasteiger partial charge in [0.05, 0.1) is 38.8 Å². The molecule has 1 heterocycles. The van der Waals surface area contributed by atoms with Crippen molar-refractivity contribution >= 4 is 21.8 Å². The number of carbonyl (C=O) groups excluding carboxylic acids is 1. The zero-order valence-corrected chi connectivity index (χ0v) is 16.2. The van der Waals surface area contributed by atoms with Crippen LogP contribution in [0.2, 0.25) is 0 Å². The highest BCUT2D eigenvalue weighted by Crippen LogP contribution is 2.26. The van der Waals surface area contributed by atoms with Crippen molar-refractivity contribution in [2.24, 2.45) is 0 Å². The van der Waals surface area contributed by atoms with Gasteiger partial charge in [0.2, 0.25) is 0 Å². The number of phenols is 1. The molecule has 1 aromatic carbocycles. The van der Waals surface area contributed by atoms with Gasteiger partial charge in [-0.25, -0.2) is 0 Å². The highest BCUT2D eigenvalue weighted by Gasteiger charge is 2.26. The van der Waals surface area contributed by atoms with Crippen LogP contribution in [-0.4, -0.2) is 48.7 Å². The fourth-order valence-corrected chi connectivity index (χ4v) is 3.34. The summed E-state index contributed by atoms with van der Waals surface area (Å²) in [4.78, 5) is 12.1. The van der Waals surface area contributed by atoms with Crippen molar-refractivity contribution in [3.8, 4) is 5.75 Å². The van der Waals surface area contributed by atoms with Gasteiger partial charge in [-0.1, -0.05) is 15.9 Å². The van der Waals surface area contributed by atoms with Crippen molar-refractivity contribution in [3.63, 3.8) is 0 Å². The van der Waals surface area contributed by atoms with Gasteiger partial charge in [-0.15, -0.1) is 0 Å². The van der Waals surface area contributed by atoms with E-state index in [4.69, 9.17) is 0 Å². The predicted molar refractivity (Wildman–Crippen MR) is 82.9 cm³/mol. The van der Waals surface area contributed by atoms with Crippen molar-refractivity contribution in [2.75, 3.05) is 33.2 Å². The van der Waals surface area contributed by atoms with E-state index < -0.39 is 0 Å². The minimum absolute atomic E-state index is 0. The number of phenolic OH excluding ortho intramolecular Hbond substituents is 1. The number of carbonyl (C=O) groups is 1. The molecule has 1 aliphatic heterocycles. The number of rotatable bonds is 4. The molecule has 2 N–H and O–H groups in total. The molecule has 2 rings (SSSR count). The van der Waals surface area contributed by atoms with Crippen LogP contribution in [0.15, 0.2) is 16.6 Å². The molecule has 0 spiro atoms. The quantitative estimate of drug-likeness (QED) is 0.459. The maximum Gasteiger partial charge on any atom is 0.255 e. The van der Waals surface area contributed by atoms with Gasteiger partial charge >= 0.3 is 0 Å². The van der Waals surface area contributed by atoms with Gasteiger partial charge in [0.1, 0.15) is 5.75 Å². The molecule has 21 heavy (non-hydrogen) atoms. The number of nitrogens with zero attached hydrogens (tertiary/aromatic N) is 1. The monoisotopic (exact) mass is 468 g/mol. The normalized spacial score (nSPS) is 16.3. The largest absolute Gasteiger partial charge is 1.00 e. The molecule has 0 atom stereocenters. The Morgan fingerprint density at radius 2 is 2.00 bits per heavy atom. The number of amides is 1. The molecule has 6 heteroatoms. The van der Waals surface area contributed by atoms with Gasteiger partial charge < -0.3 is 38.9 Å². The summed E-state index contributed by atoms with van der Waals surface area (Å²) in [5.74, 6) is -0.148. The van der Waals surface area contributed by atoms with E-state index in [0.29, 0.717) is 17.7 Å². The van der Waals surface area contributed by atoms with Crippen molar-refractivity contribution in [1.82, 2.24) is 5.32 Å². The number of likely N-dealkylation sites (tertiary alicyclic amines) is 1. The van der Waals surface area contributed by atoms with E-state index >= 15 is 0 Å². The SMILES string of the molecule is Cc1cc(Br)cc(C(=O)NCC[N+]2(C)CCCC2)c1O.[I-].